The fourth-order valence-corrected chi connectivity index (χ4v) is 1.33. The minimum atomic E-state index is -1.44. The Hall–Kier alpha value is -1.69. The molecule has 0 atom stereocenters. The van der Waals surface area contributed by atoms with Crippen LogP contribution in [0.1, 0.15) is 24.2 Å². The van der Waals surface area contributed by atoms with Gasteiger partial charge >= 0.3 is 5.97 Å². The van der Waals surface area contributed by atoms with Gasteiger partial charge in [0.05, 0.1) is 11.8 Å². The van der Waals surface area contributed by atoms with Gasteiger partial charge in [0.25, 0.3) is 5.91 Å². The fourth-order valence-electron chi connectivity index (χ4n) is 1.15. The van der Waals surface area contributed by atoms with Gasteiger partial charge in [0.15, 0.2) is 0 Å². The third-order valence-electron chi connectivity index (χ3n) is 2.70. The smallest absolute Gasteiger partial charge is 0.329 e. The number of carbonyl (C=O) groups is 2. The first-order chi connectivity index (χ1) is 8.17. The molecule has 0 bridgehead atoms. The predicted molar refractivity (Wildman–Crippen MR) is 63.0 cm³/mol. The zero-order valence-corrected chi connectivity index (χ0v) is 10.8. The van der Waals surface area contributed by atoms with E-state index in [0.29, 0.717) is 0 Å². The van der Waals surface area contributed by atoms with Gasteiger partial charge in [-0.15, -0.1) is 0 Å². The van der Waals surface area contributed by atoms with Gasteiger partial charge in [0.2, 0.25) is 0 Å². The number of hydrogen-bond acceptors (Lipinski definition) is 3. The first-order valence-electron chi connectivity index (χ1n) is 5.00. The zero-order chi connectivity index (χ0) is 14.1. The van der Waals surface area contributed by atoms with Crippen LogP contribution in [0.15, 0.2) is 12.3 Å². The molecule has 5 nitrogen and oxygen atoms in total. The highest BCUT2D eigenvalue weighted by Gasteiger charge is 2.36. The summed E-state index contributed by atoms with van der Waals surface area (Å²) in [5, 5.41) is 8.84. The second kappa shape index (κ2) is 4.89. The van der Waals surface area contributed by atoms with Gasteiger partial charge in [-0.3, -0.25) is 4.79 Å². The highest BCUT2D eigenvalue weighted by atomic mass is 35.5. The number of carboxylic acids is 1. The summed E-state index contributed by atoms with van der Waals surface area (Å²) in [4.78, 5) is 27.5. The van der Waals surface area contributed by atoms with Gasteiger partial charge in [-0.2, -0.15) is 0 Å². The first kappa shape index (κ1) is 14.4. The number of aliphatic carboxylic acids is 1. The molecule has 0 spiro atoms. The molecule has 18 heavy (non-hydrogen) atoms. The molecule has 1 N–H and O–H groups in total. The number of pyridine rings is 1. The number of likely N-dealkylation sites (N-methyl/N-ethyl adjacent to an activating group) is 1. The molecule has 7 heteroatoms. The molecule has 1 heterocycles. The van der Waals surface area contributed by atoms with Crippen LogP contribution in [-0.4, -0.2) is 39.5 Å². The molecule has 0 saturated carbocycles. The third kappa shape index (κ3) is 2.59. The lowest BCUT2D eigenvalue weighted by molar-refractivity contribution is -0.147. The SMILES string of the molecule is CN(C(=O)c1cc(F)cnc1Cl)C(C)(C)C(=O)O. The molecule has 1 aromatic rings. The van der Waals surface area contributed by atoms with Crippen molar-refractivity contribution in [3.8, 4) is 0 Å². The maximum Gasteiger partial charge on any atom is 0.329 e. The molecule has 0 aliphatic rings. The van der Waals surface area contributed by atoms with Crippen LogP contribution in [-0.2, 0) is 4.79 Å². The van der Waals surface area contributed by atoms with Gasteiger partial charge in [-0.05, 0) is 19.9 Å². The number of halogens is 2. The lowest BCUT2D eigenvalue weighted by atomic mass is 10.0. The third-order valence-corrected chi connectivity index (χ3v) is 3.00. The van der Waals surface area contributed by atoms with Crippen molar-refractivity contribution in [1.29, 1.82) is 0 Å². The van der Waals surface area contributed by atoms with E-state index in [4.69, 9.17) is 16.7 Å². The Morgan fingerprint density at radius 2 is 2.06 bits per heavy atom. The summed E-state index contributed by atoms with van der Waals surface area (Å²) in [5.74, 6) is -2.61. The summed E-state index contributed by atoms with van der Waals surface area (Å²) in [5.41, 5.74) is -1.61. The highest BCUT2D eigenvalue weighted by Crippen LogP contribution is 2.20. The van der Waals surface area contributed by atoms with Crippen molar-refractivity contribution >= 4 is 23.5 Å². The molecular weight excluding hydrogens is 263 g/mol. The van der Waals surface area contributed by atoms with Crippen molar-refractivity contribution in [2.45, 2.75) is 19.4 Å². The Balaban J connectivity index is 3.15. The molecule has 0 aliphatic heterocycles. The summed E-state index contributed by atoms with van der Waals surface area (Å²) in [6, 6.07) is 0.923. The standard InChI is InChI=1S/C11H12ClFN2O3/c1-11(2,10(17)18)15(3)9(16)7-4-6(13)5-14-8(7)12/h4-5H,1-3H3,(H,17,18). The number of carbonyl (C=O) groups excluding carboxylic acids is 1. The number of aromatic nitrogens is 1. The number of nitrogens with zero attached hydrogens (tertiary/aromatic N) is 2. The molecule has 98 valence electrons. The first-order valence-corrected chi connectivity index (χ1v) is 5.38. The van der Waals surface area contributed by atoms with Crippen molar-refractivity contribution in [2.75, 3.05) is 7.05 Å². The fraction of sp³-hybridized carbons (Fsp3) is 0.364. The van der Waals surface area contributed by atoms with E-state index >= 15 is 0 Å². The van der Waals surface area contributed by atoms with Crippen LogP contribution in [0.3, 0.4) is 0 Å². The quantitative estimate of drug-likeness (QED) is 0.854. The number of hydrogen-bond donors (Lipinski definition) is 1. The van der Waals surface area contributed by atoms with Crippen molar-refractivity contribution in [2.24, 2.45) is 0 Å². The molecular formula is C11H12ClFN2O3. The normalized spacial score (nSPS) is 11.2. The maximum absolute atomic E-state index is 13.0. The van der Waals surface area contributed by atoms with Crippen LogP contribution < -0.4 is 0 Å². The van der Waals surface area contributed by atoms with E-state index in [-0.39, 0.29) is 10.7 Å². The van der Waals surface area contributed by atoms with Crippen molar-refractivity contribution in [3.63, 3.8) is 0 Å². The number of rotatable bonds is 3. The van der Waals surface area contributed by atoms with E-state index in [1.807, 2.05) is 0 Å². The summed E-state index contributed by atoms with van der Waals surface area (Å²) in [6.45, 7) is 2.71. The zero-order valence-electron chi connectivity index (χ0n) is 10.1. The molecule has 0 unspecified atom stereocenters. The Morgan fingerprint density at radius 1 is 1.50 bits per heavy atom. The minimum Gasteiger partial charge on any atom is -0.480 e. The molecule has 0 radical (unpaired) electrons. The van der Waals surface area contributed by atoms with E-state index in [0.717, 1.165) is 17.2 Å². The Morgan fingerprint density at radius 3 is 2.56 bits per heavy atom. The molecule has 0 saturated heterocycles. The minimum absolute atomic E-state index is 0.172. The second-order valence-electron chi connectivity index (χ2n) is 4.22. The summed E-state index contributed by atoms with van der Waals surface area (Å²) in [7, 11) is 1.30. The maximum atomic E-state index is 13.0. The molecule has 0 fully saturated rings. The highest BCUT2D eigenvalue weighted by molar-refractivity contribution is 6.32. The van der Waals surface area contributed by atoms with Crippen LogP contribution in [0, 0.1) is 5.82 Å². The van der Waals surface area contributed by atoms with Crippen molar-refractivity contribution in [1.82, 2.24) is 9.88 Å². The number of carboxylic acid groups (broad SMARTS) is 1. The Bertz CT molecular complexity index is 505. The van der Waals surface area contributed by atoms with Gasteiger partial charge in [-0.1, -0.05) is 11.6 Å². The molecule has 1 amide bonds. The van der Waals surface area contributed by atoms with Crippen LogP contribution in [0.5, 0.6) is 0 Å². The van der Waals surface area contributed by atoms with E-state index in [9.17, 15) is 14.0 Å². The van der Waals surface area contributed by atoms with Crippen LogP contribution in [0.2, 0.25) is 5.15 Å². The van der Waals surface area contributed by atoms with E-state index in [2.05, 4.69) is 4.98 Å². The number of amides is 1. The molecule has 0 aliphatic carbocycles. The van der Waals surface area contributed by atoms with E-state index in [1.165, 1.54) is 20.9 Å². The van der Waals surface area contributed by atoms with Gasteiger partial charge < -0.3 is 10.0 Å². The van der Waals surface area contributed by atoms with E-state index < -0.39 is 23.2 Å². The molecule has 1 rings (SSSR count). The summed E-state index contributed by atoms with van der Waals surface area (Å²) in [6.07, 6.45) is 0.876. The molecule has 1 aromatic heterocycles. The van der Waals surface area contributed by atoms with E-state index in [1.54, 1.807) is 0 Å². The largest absolute Gasteiger partial charge is 0.480 e. The average molecular weight is 275 g/mol. The van der Waals surface area contributed by atoms with Gasteiger partial charge in [-0.25, -0.2) is 14.2 Å². The predicted octanol–water partition coefficient (Wildman–Crippen LogP) is 1.81. The lowest BCUT2D eigenvalue weighted by Gasteiger charge is -2.31. The topological polar surface area (TPSA) is 70.5 Å². The second-order valence-corrected chi connectivity index (χ2v) is 4.58. The Labute approximate surface area is 108 Å². The lowest BCUT2D eigenvalue weighted by Crippen LogP contribution is -2.50. The molecule has 0 aromatic carbocycles. The summed E-state index contributed by atoms with van der Waals surface area (Å²) >= 11 is 5.69. The van der Waals surface area contributed by atoms with Crippen LogP contribution >= 0.6 is 11.6 Å². The van der Waals surface area contributed by atoms with Crippen LogP contribution in [0.4, 0.5) is 4.39 Å². The Kier molecular flexibility index (Phi) is 3.91. The van der Waals surface area contributed by atoms with Gasteiger partial charge in [0.1, 0.15) is 16.5 Å². The average Bonchev–Trinajstić information content (AvgIpc) is 2.30. The van der Waals surface area contributed by atoms with Crippen molar-refractivity contribution < 1.29 is 19.1 Å². The van der Waals surface area contributed by atoms with Crippen LogP contribution in [0.25, 0.3) is 0 Å². The monoisotopic (exact) mass is 274 g/mol. The summed E-state index contributed by atoms with van der Waals surface area (Å²) < 4.78 is 13.0. The van der Waals surface area contributed by atoms with Gasteiger partial charge in [0, 0.05) is 7.05 Å². The van der Waals surface area contributed by atoms with Crippen molar-refractivity contribution in [3.05, 3.63) is 28.8 Å².